The molecule has 4 heterocycles. The Balaban J connectivity index is 1.39. The van der Waals surface area contributed by atoms with E-state index in [4.69, 9.17) is 4.74 Å². The van der Waals surface area contributed by atoms with E-state index in [1.165, 1.54) is 12.8 Å². The average molecular weight is 456 g/mol. The van der Waals surface area contributed by atoms with Crippen LogP contribution in [0.4, 0.5) is 5.82 Å². The number of nitrogens with zero attached hydrogens (tertiary/aromatic N) is 6. The Morgan fingerprint density at radius 3 is 2.94 bits per heavy atom. The lowest BCUT2D eigenvalue weighted by molar-refractivity contribution is 0.102. The van der Waals surface area contributed by atoms with Gasteiger partial charge < -0.3 is 19.2 Å². The van der Waals surface area contributed by atoms with E-state index in [0.717, 1.165) is 36.3 Å². The van der Waals surface area contributed by atoms with E-state index in [0.29, 0.717) is 41.2 Å². The third-order valence-corrected chi connectivity index (χ3v) is 6.31. The molecule has 0 spiro atoms. The third kappa shape index (κ3) is 3.93. The van der Waals surface area contributed by atoms with Gasteiger partial charge in [0.05, 0.1) is 29.9 Å². The maximum absolute atomic E-state index is 13.4. The van der Waals surface area contributed by atoms with Crippen molar-refractivity contribution in [2.45, 2.75) is 45.1 Å². The number of pyridine rings is 1. The van der Waals surface area contributed by atoms with Crippen LogP contribution in [0.15, 0.2) is 49.2 Å². The number of hydrogen-bond acceptors (Lipinski definition) is 6. The fourth-order valence-corrected chi connectivity index (χ4v) is 4.30. The van der Waals surface area contributed by atoms with Crippen molar-refractivity contribution in [1.82, 2.24) is 29.3 Å². The molecule has 0 radical (unpaired) electrons. The molecule has 9 nitrogen and oxygen atoms in total. The van der Waals surface area contributed by atoms with Gasteiger partial charge in [0.15, 0.2) is 5.82 Å². The van der Waals surface area contributed by atoms with Gasteiger partial charge in [0.25, 0.3) is 5.91 Å². The highest BCUT2D eigenvalue weighted by Crippen LogP contribution is 2.39. The van der Waals surface area contributed by atoms with Gasteiger partial charge in [-0.1, -0.05) is 6.07 Å². The highest BCUT2D eigenvalue weighted by Gasteiger charge is 2.26. The summed E-state index contributed by atoms with van der Waals surface area (Å²) >= 11 is 0. The highest BCUT2D eigenvalue weighted by molar-refractivity contribution is 6.06. The summed E-state index contributed by atoms with van der Waals surface area (Å²) in [5.41, 5.74) is 4.16. The zero-order chi connectivity index (χ0) is 23.1. The summed E-state index contributed by atoms with van der Waals surface area (Å²) in [4.78, 5) is 22.6. The van der Waals surface area contributed by atoms with Crippen LogP contribution in [0.1, 0.15) is 53.2 Å². The van der Waals surface area contributed by atoms with E-state index in [-0.39, 0.29) is 5.91 Å². The SMILES string of the molecule is Cc1cc2c(cc1-n1cnc(C3CC3)c1)C(=O)Nc1cccc(n1)-c1nncn1CCCCO2. The Morgan fingerprint density at radius 2 is 2.06 bits per heavy atom. The maximum Gasteiger partial charge on any atom is 0.260 e. The van der Waals surface area contributed by atoms with Gasteiger partial charge in [-0.3, -0.25) is 4.79 Å². The van der Waals surface area contributed by atoms with E-state index in [1.54, 1.807) is 12.4 Å². The van der Waals surface area contributed by atoms with Crippen molar-refractivity contribution < 1.29 is 9.53 Å². The number of carbonyl (C=O) groups excluding carboxylic acids is 1. The molecule has 1 saturated carbocycles. The molecule has 0 unspecified atom stereocenters. The van der Waals surface area contributed by atoms with Crippen molar-refractivity contribution in [3.05, 3.63) is 66.0 Å². The minimum Gasteiger partial charge on any atom is -0.493 e. The number of hydrogen-bond donors (Lipinski definition) is 1. The van der Waals surface area contributed by atoms with Crippen LogP contribution >= 0.6 is 0 Å². The highest BCUT2D eigenvalue weighted by atomic mass is 16.5. The molecule has 0 atom stereocenters. The van der Waals surface area contributed by atoms with Gasteiger partial charge in [-0.05, 0) is 62.4 Å². The lowest BCUT2D eigenvalue weighted by atomic mass is 10.1. The molecule has 1 aliphatic heterocycles. The quantitative estimate of drug-likeness (QED) is 0.488. The van der Waals surface area contributed by atoms with Gasteiger partial charge in [0, 0.05) is 18.7 Å². The molecule has 6 rings (SSSR count). The van der Waals surface area contributed by atoms with Gasteiger partial charge in [0.1, 0.15) is 23.6 Å². The molecule has 1 N–H and O–H groups in total. The molecule has 4 aromatic rings. The first-order valence-corrected chi connectivity index (χ1v) is 11.6. The molecule has 1 aromatic carbocycles. The van der Waals surface area contributed by atoms with E-state index < -0.39 is 0 Å². The molecule has 9 heteroatoms. The molecule has 34 heavy (non-hydrogen) atoms. The Morgan fingerprint density at radius 1 is 1.15 bits per heavy atom. The molecule has 1 amide bonds. The van der Waals surface area contributed by atoms with Crippen molar-refractivity contribution in [1.29, 1.82) is 0 Å². The first kappa shape index (κ1) is 20.6. The zero-order valence-electron chi connectivity index (χ0n) is 18.9. The van der Waals surface area contributed by atoms with E-state index in [9.17, 15) is 4.79 Å². The predicted octanol–water partition coefficient (Wildman–Crippen LogP) is 4.14. The minimum absolute atomic E-state index is 0.276. The molecule has 0 saturated heterocycles. The monoisotopic (exact) mass is 455 g/mol. The van der Waals surface area contributed by atoms with E-state index in [1.807, 2.05) is 46.7 Å². The first-order chi connectivity index (χ1) is 16.7. The number of aryl methyl sites for hydroxylation is 2. The van der Waals surface area contributed by atoms with Gasteiger partial charge in [0.2, 0.25) is 0 Å². The maximum atomic E-state index is 13.4. The van der Waals surface area contributed by atoms with Crippen molar-refractivity contribution in [3.63, 3.8) is 0 Å². The second-order valence-corrected chi connectivity index (χ2v) is 8.88. The number of fused-ring (bicyclic) bond motifs is 5. The van der Waals surface area contributed by atoms with E-state index in [2.05, 4.69) is 31.7 Å². The van der Waals surface area contributed by atoms with Crippen LogP contribution in [0.2, 0.25) is 0 Å². The average Bonchev–Trinajstić information content (AvgIpc) is 3.37. The normalized spacial score (nSPS) is 16.1. The van der Waals surface area contributed by atoms with Crippen LogP contribution < -0.4 is 10.1 Å². The smallest absolute Gasteiger partial charge is 0.260 e. The Kier molecular flexibility index (Phi) is 5.09. The van der Waals surface area contributed by atoms with Crippen LogP contribution in [0.25, 0.3) is 17.2 Å². The summed E-state index contributed by atoms with van der Waals surface area (Å²) in [5.74, 6) is 1.98. The van der Waals surface area contributed by atoms with Crippen LogP contribution in [-0.4, -0.2) is 41.8 Å². The predicted molar refractivity (Wildman–Crippen MR) is 126 cm³/mol. The number of aromatic nitrogens is 6. The molecule has 1 fully saturated rings. The summed E-state index contributed by atoms with van der Waals surface area (Å²) in [5, 5.41) is 11.2. The largest absolute Gasteiger partial charge is 0.493 e. The molecule has 1 aliphatic carbocycles. The van der Waals surface area contributed by atoms with Crippen molar-refractivity contribution in [2.24, 2.45) is 0 Å². The van der Waals surface area contributed by atoms with Crippen LogP contribution in [0.5, 0.6) is 5.75 Å². The zero-order valence-corrected chi connectivity index (χ0v) is 18.9. The lowest BCUT2D eigenvalue weighted by Gasteiger charge is -2.17. The molecule has 3 aromatic heterocycles. The summed E-state index contributed by atoms with van der Waals surface area (Å²) in [6, 6.07) is 9.31. The minimum atomic E-state index is -0.276. The van der Waals surface area contributed by atoms with Gasteiger partial charge in [-0.2, -0.15) is 0 Å². The second-order valence-electron chi connectivity index (χ2n) is 8.88. The van der Waals surface area contributed by atoms with Gasteiger partial charge in [-0.25, -0.2) is 9.97 Å². The summed E-state index contributed by atoms with van der Waals surface area (Å²) in [6.45, 7) is 3.30. The van der Waals surface area contributed by atoms with Crippen LogP contribution in [-0.2, 0) is 6.54 Å². The summed E-state index contributed by atoms with van der Waals surface area (Å²) < 4.78 is 10.1. The molecule has 172 valence electrons. The third-order valence-electron chi connectivity index (χ3n) is 6.31. The fourth-order valence-electron chi connectivity index (χ4n) is 4.30. The van der Waals surface area contributed by atoms with Crippen molar-refractivity contribution in [3.8, 4) is 23.0 Å². The van der Waals surface area contributed by atoms with E-state index >= 15 is 0 Å². The number of amides is 1. The number of rotatable bonds is 2. The number of anilines is 1. The van der Waals surface area contributed by atoms with Crippen LogP contribution in [0, 0.1) is 6.92 Å². The topological polar surface area (TPSA) is 99.8 Å². The standard InChI is InChI=1S/C25H25N7O2/c1-16-11-22-18(12-21(16)32-13-20(26-14-32)17-7-8-17)25(33)29-23-6-4-5-19(28-23)24-30-27-15-31(24)9-2-3-10-34-22/h4-6,11-15,17H,2-3,7-10H2,1H3,(H,28,29,33). The lowest BCUT2D eigenvalue weighted by Crippen LogP contribution is -2.17. The Labute approximate surface area is 196 Å². The van der Waals surface area contributed by atoms with Gasteiger partial charge in [-0.15, -0.1) is 10.2 Å². The number of benzene rings is 1. The summed E-state index contributed by atoms with van der Waals surface area (Å²) in [7, 11) is 0. The molecule has 2 bridgehead atoms. The number of imidazole rings is 1. The Bertz CT molecular complexity index is 1370. The first-order valence-electron chi connectivity index (χ1n) is 11.6. The van der Waals surface area contributed by atoms with Crippen molar-refractivity contribution in [2.75, 3.05) is 11.9 Å². The number of nitrogens with one attached hydrogen (secondary N) is 1. The van der Waals surface area contributed by atoms with Crippen LogP contribution in [0.3, 0.4) is 0 Å². The second kappa shape index (κ2) is 8.40. The summed E-state index contributed by atoms with van der Waals surface area (Å²) in [6.07, 6.45) is 9.71. The number of ether oxygens (including phenoxy) is 1. The fraction of sp³-hybridized carbons (Fsp3) is 0.320. The molecule has 2 aliphatic rings. The Hall–Kier alpha value is -4.01. The molecular formula is C25H25N7O2. The number of carbonyl (C=O) groups is 1. The van der Waals surface area contributed by atoms with Gasteiger partial charge >= 0.3 is 0 Å². The van der Waals surface area contributed by atoms with Crippen molar-refractivity contribution >= 4 is 11.7 Å². The molecular weight excluding hydrogens is 430 g/mol.